The van der Waals surface area contributed by atoms with Crippen LogP contribution in [-0.2, 0) is 6.42 Å². The van der Waals surface area contributed by atoms with Gasteiger partial charge in [-0.05, 0) is 49.8 Å². The molecule has 0 spiro atoms. The highest BCUT2D eigenvalue weighted by Crippen LogP contribution is 2.33. The van der Waals surface area contributed by atoms with Gasteiger partial charge < -0.3 is 10.4 Å². The number of aryl methyl sites for hydroxylation is 1. The van der Waals surface area contributed by atoms with Crippen LogP contribution in [0.4, 0.5) is 0 Å². The van der Waals surface area contributed by atoms with Gasteiger partial charge in [-0.2, -0.15) is 0 Å². The Balaban J connectivity index is 1.80. The fourth-order valence-electron chi connectivity index (χ4n) is 3.97. The minimum Gasteiger partial charge on any atom is -0.395 e. The number of aliphatic hydroxyl groups excluding tert-OH is 1. The van der Waals surface area contributed by atoms with Gasteiger partial charge in [0, 0.05) is 25.2 Å². The summed E-state index contributed by atoms with van der Waals surface area (Å²) in [6.45, 7) is 3.26. The predicted molar refractivity (Wildman–Crippen MR) is 86.4 cm³/mol. The Hall–Kier alpha value is -0.900. The Morgan fingerprint density at radius 3 is 2.86 bits per heavy atom. The fraction of sp³-hybridized carbons (Fsp3) is 0.667. The van der Waals surface area contributed by atoms with Gasteiger partial charge in [0.25, 0.3) is 0 Å². The van der Waals surface area contributed by atoms with Crippen LogP contribution in [0.1, 0.15) is 49.3 Å². The van der Waals surface area contributed by atoms with Crippen molar-refractivity contribution in [3.63, 3.8) is 0 Å². The molecule has 116 valence electrons. The topological polar surface area (TPSA) is 35.5 Å². The third kappa shape index (κ3) is 3.65. The van der Waals surface area contributed by atoms with Crippen LogP contribution < -0.4 is 5.32 Å². The molecule has 1 heterocycles. The molecule has 2 N–H and O–H groups in total. The van der Waals surface area contributed by atoms with Gasteiger partial charge in [0.1, 0.15) is 0 Å². The van der Waals surface area contributed by atoms with E-state index in [0.29, 0.717) is 12.1 Å². The van der Waals surface area contributed by atoms with Gasteiger partial charge in [-0.1, -0.05) is 30.7 Å². The van der Waals surface area contributed by atoms with E-state index in [1.807, 2.05) is 0 Å². The van der Waals surface area contributed by atoms with Crippen LogP contribution in [-0.4, -0.2) is 42.3 Å². The summed E-state index contributed by atoms with van der Waals surface area (Å²) in [6, 6.07) is 10.0. The van der Waals surface area contributed by atoms with Crippen molar-refractivity contribution in [3.8, 4) is 0 Å². The highest BCUT2D eigenvalue weighted by molar-refractivity contribution is 5.31. The third-order valence-electron chi connectivity index (χ3n) is 5.03. The van der Waals surface area contributed by atoms with Crippen molar-refractivity contribution in [2.45, 2.75) is 50.6 Å². The molecule has 0 bridgehead atoms. The molecule has 3 heteroatoms. The zero-order chi connectivity index (χ0) is 14.5. The minimum atomic E-state index is 0.255. The molecule has 1 aromatic rings. The summed E-state index contributed by atoms with van der Waals surface area (Å²) in [5.41, 5.74) is 3.02. The van der Waals surface area contributed by atoms with Crippen LogP contribution >= 0.6 is 0 Å². The zero-order valence-corrected chi connectivity index (χ0v) is 12.9. The van der Waals surface area contributed by atoms with Gasteiger partial charge in [0.2, 0.25) is 0 Å². The number of fused-ring (bicyclic) bond motifs is 1. The largest absolute Gasteiger partial charge is 0.395 e. The smallest absolute Gasteiger partial charge is 0.0558 e. The quantitative estimate of drug-likeness (QED) is 0.817. The number of rotatable bonds is 5. The third-order valence-corrected chi connectivity index (χ3v) is 5.03. The lowest BCUT2D eigenvalue weighted by molar-refractivity contribution is 0.133. The van der Waals surface area contributed by atoms with Crippen LogP contribution in [0.2, 0.25) is 0 Å². The molecule has 3 rings (SSSR count). The molecular formula is C18H28N2O. The predicted octanol–water partition coefficient (Wildman–Crippen LogP) is 2.50. The van der Waals surface area contributed by atoms with Gasteiger partial charge in [-0.3, -0.25) is 4.90 Å². The average molecular weight is 288 g/mol. The monoisotopic (exact) mass is 288 g/mol. The summed E-state index contributed by atoms with van der Waals surface area (Å²) in [6.07, 6.45) is 7.59. The first-order valence-electron chi connectivity index (χ1n) is 8.54. The molecule has 1 aromatic carbocycles. The highest BCUT2D eigenvalue weighted by atomic mass is 16.3. The Labute approximate surface area is 128 Å². The highest BCUT2D eigenvalue weighted by Gasteiger charge is 2.27. The van der Waals surface area contributed by atoms with Crippen molar-refractivity contribution in [1.29, 1.82) is 0 Å². The number of aliphatic hydroxyl groups is 1. The van der Waals surface area contributed by atoms with Crippen molar-refractivity contribution in [2.75, 3.05) is 26.2 Å². The van der Waals surface area contributed by atoms with Gasteiger partial charge >= 0.3 is 0 Å². The maximum absolute atomic E-state index is 9.50. The van der Waals surface area contributed by atoms with Gasteiger partial charge in [-0.25, -0.2) is 0 Å². The SMILES string of the molecule is OCCN(CC1CCCN1)C1CCCCc2ccccc21. The molecule has 21 heavy (non-hydrogen) atoms. The molecule has 2 atom stereocenters. The lowest BCUT2D eigenvalue weighted by Gasteiger charge is -2.34. The van der Waals surface area contributed by atoms with Crippen LogP contribution in [0.3, 0.4) is 0 Å². The first kappa shape index (κ1) is 15.0. The Morgan fingerprint density at radius 1 is 1.14 bits per heavy atom. The number of hydrogen-bond acceptors (Lipinski definition) is 3. The van der Waals surface area contributed by atoms with Crippen LogP contribution in [0.15, 0.2) is 24.3 Å². The van der Waals surface area contributed by atoms with Crippen LogP contribution in [0.5, 0.6) is 0 Å². The molecule has 2 aliphatic rings. The molecule has 1 aliphatic carbocycles. The van der Waals surface area contributed by atoms with Crippen LogP contribution in [0.25, 0.3) is 0 Å². The number of hydrogen-bond donors (Lipinski definition) is 2. The van der Waals surface area contributed by atoms with Crippen molar-refractivity contribution >= 4 is 0 Å². The van der Waals surface area contributed by atoms with E-state index < -0.39 is 0 Å². The van der Waals surface area contributed by atoms with Crippen molar-refractivity contribution < 1.29 is 5.11 Å². The maximum Gasteiger partial charge on any atom is 0.0558 e. The molecule has 0 radical (unpaired) electrons. The molecule has 0 saturated carbocycles. The van der Waals surface area contributed by atoms with Crippen molar-refractivity contribution in [3.05, 3.63) is 35.4 Å². The van der Waals surface area contributed by atoms with E-state index in [1.54, 1.807) is 0 Å². The summed E-state index contributed by atoms with van der Waals surface area (Å²) in [5, 5.41) is 13.1. The lowest BCUT2D eigenvalue weighted by Crippen LogP contribution is -2.41. The summed E-state index contributed by atoms with van der Waals surface area (Å²) < 4.78 is 0. The van der Waals surface area contributed by atoms with E-state index >= 15 is 0 Å². The zero-order valence-electron chi connectivity index (χ0n) is 12.9. The van der Waals surface area contributed by atoms with Gasteiger partial charge in [0.15, 0.2) is 0 Å². The maximum atomic E-state index is 9.50. The Morgan fingerprint density at radius 2 is 2.05 bits per heavy atom. The second-order valence-electron chi connectivity index (χ2n) is 6.47. The summed E-state index contributed by atoms with van der Waals surface area (Å²) >= 11 is 0. The first-order valence-corrected chi connectivity index (χ1v) is 8.54. The van der Waals surface area contributed by atoms with E-state index in [4.69, 9.17) is 0 Å². The molecule has 2 unspecified atom stereocenters. The summed E-state index contributed by atoms with van der Waals surface area (Å²) in [5.74, 6) is 0. The normalized spacial score (nSPS) is 25.8. The minimum absolute atomic E-state index is 0.255. The van der Waals surface area contributed by atoms with E-state index in [0.717, 1.165) is 19.6 Å². The number of nitrogens with one attached hydrogen (secondary N) is 1. The standard InChI is InChI=1S/C18H28N2O/c21-13-12-20(14-16-8-5-11-19-16)18-10-4-2-7-15-6-1-3-9-17(15)18/h1,3,6,9,16,18-19,21H,2,4-5,7-8,10-14H2. The van der Waals surface area contributed by atoms with Crippen molar-refractivity contribution in [2.24, 2.45) is 0 Å². The Kier molecular flexibility index (Phi) is 5.28. The van der Waals surface area contributed by atoms with Crippen molar-refractivity contribution in [1.82, 2.24) is 10.2 Å². The molecular weight excluding hydrogens is 260 g/mol. The summed E-state index contributed by atoms with van der Waals surface area (Å²) in [4.78, 5) is 2.52. The van der Waals surface area contributed by atoms with Gasteiger partial charge in [-0.15, -0.1) is 0 Å². The van der Waals surface area contributed by atoms with E-state index in [2.05, 4.69) is 34.5 Å². The van der Waals surface area contributed by atoms with E-state index in [9.17, 15) is 5.11 Å². The molecule has 1 saturated heterocycles. The number of benzene rings is 1. The second-order valence-corrected chi connectivity index (χ2v) is 6.47. The van der Waals surface area contributed by atoms with Gasteiger partial charge in [0.05, 0.1) is 6.61 Å². The average Bonchev–Trinajstić information content (AvgIpc) is 2.92. The molecule has 3 nitrogen and oxygen atoms in total. The Bertz CT molecular complexity index is 443. The molecule has 1 fully saturated rings. The molecule has 0 amide bonds. The second kappa shape index (κ2) is 7.39. The molecule has 1 aliphatic heterocycles. The lowest BCUT2D eigenvalue weighted by atomic mass is 9.97. The summed E-state index contributed by atoms with van der Waals surface area (Å²) in [7, 11) is 0. The molecule has 0 aromatic heterocycles. The van der Waals surface area contributed by atoms with E-state index in [1.165, 1.54) is 49.7 Å². The van der Waals surface area contributed by atoms with E-state index in [-0.39, 0.29) is 6.61 Å². The number of nitrogens with zero attached hydrogens (tertiary/aromatic N) is 1. The first-order chi connectivity index (χ1) is 10.4. The van der Waals surface area contributed by atoms with Crippen LogP contribution in [0, 0.1) is 0 Å². The fourth-order valence-corrected chi connectivity index (χ4v) is 3.97.